The van der Waals surface area contributed by atoms with Crippen LogP contribution in [0.5, 0.6) is 0 Å². The summed E-state index contributed by atoms with van der Waals surface area (Å²) < 4.78 is 11.3. The average molecular weight is 322 g/mol. The van der Waals surface area contributed by atoms with E-state index in [1.807, 2.05) is 19.1 Å². The van der Waals surface area contributed by atoms with Crippen molar-refractivity contribution in [2.45, 2.75) is 78.1 Å². The molecule has 0 aromatic rings. The van der Waals surface area contributed by atoms with Crippen molar-refractivity contribution in [3.63, 3.8) is 0 Å². The van der Waals surface area contributed by atoms with Crippen molar-refractivity contribution in [3.05, 3.63) is 35.5 Å². The third-order valence-electron chi connectivity index (χ3n) is 4.13. The number of aliphatic hydroxyl groups is 1. The smallest absolute Gasteiger partial charge is 0.157 e. The third-order valence-corrected chi connectivity index (χ3v) is 4.13. The number of hydrogen-bond acceptors (Lipinski definition) is 3. The molecule has 2 atom stereocenters. The largest absolute Gasteiger partial charge is 0.389 e. The fraction of sp³-hybridized carbons (Fsp3) is 0.700. The molecule has 0 saturated carbocycles. The van der Waals surface area contributed by atoms with E-state index in [4.69, 9.17) is 9.47 Å². The lowest BCUT2D eigenvalue weighted by Crippen LogP contribution is -2.22. The van der Waals surface area contributed by atoms with Crippen LogP contribution < -0.4 is 0 Å². The summed E-state index contributed by atoms with van der Waals surface area (Å²) >= 11 is 0. The molecule has 1 rings (SSSR count). The maximum atomic E-state index is 9.67. The minimum atomic E-state index is -0.316. The van der Waals surface area contributed by atoms with Gasteiger partial charge < -0.3 is 14.6 Å². The normalized spacial score (nSPS) is 21.8. The van der Waals surface area contributed by atoms with Gasteiger partial charge in [0.15, 0.2) is 6.29 Å². The Morgan fingerprint density at radius 1 is 1.22 bits per heavy atom. The maximum Gasteiger partial charge on any atom is 0.157 e. The topological polar surface area (TPSA) is 38.7 Å². The van der Waals surface area contributed by atoms with Gasteiger partial charge in [0.05, 0.1) is 12.7 Å². The first kappa shape index (κ1) is 20.1. The van der Waals surface area contributed by atoms with Gasteiger partial charge in [-0.25, -0.2) is 0 Å². The molecule has 1 saturated heterocycles. The van der Waals surface area contributed by atoms with Crippen molar-refractivity contribution in [1.82, 2.24) is 0 Å². The number of ether oxygens (including phenoxy) is 2. The quantitative estimate of drug-likeness (QED) is 0.580. The first-order valence-electron chi connectivity index (χ1n) is 8.97. The molecule has 1 aliphatic rings. The molecule has 1 aliphatic heterocycles. The molecule has 1 heterocycles. The minimum absolute atomic E-state index is 0.00135. The second-order valence-corrected chi connectivity index (χ2v) is 6.40. The van der Waals surface area contributed by atoms with E-state index in [0.29, 0.717) is 6.61 Å². The van der Waals surface area contributed by atoms with E-state index in [-0.39, 0.29) is 12.4 Å². The van der Waals surface area contributed by atoms with E-state index < -0.39 is 0 Å². The van der Waals surface area contributed by atoms with Crippen LogP contribution in [0.1, 0.15) is 65.7 Å². The molecule has 2 unspecified atom stereocenters. The number of allylic oxidation sites excluding steroid dienone is 4. The number of rotatable bonds is 10. The Morgan fingerprint density at radius 3 is 2.70 bits per heavy atom. The Morgan fingerprint density at radius 2 is 2.00 bits per heavy atom. The monoisotopic (exact) mass is 322 g/mol. The minimum Gasteiger partial charge on any atom is -0.389 e. The van der Waals surface area contributed by atoms with Gasteiger partial charge in [-0.05, 0) is 65.7 Å². The second-order valence-electron chi connectivity index (χ2n) is 6.40. The molecule has 1 N–H and O–H groups in total. The highest BCUT2D eigenvalue weighted by Crippen LogP contribution is 2.15. The highest BCUT2D eigenvalue weighted by atomic mass is 16.7. The van der Waals surface area contributed by atoms with E-state index in [2.05, 4.69) is 26.0 Å². The standard InChI is InChI=1S/C20H34O3/c1-4-8-19(21)13-12-17(2)9-7-10-18(3)14-16-23-20-11-5-6-15-22-20/h4,8-9,14,19-21H,5-7,10-13,15-16H2,1-3H3. The predicted molar refractivity (Wildman–Crippen MR) is 96.3 cm³/mol. The maximum absolute atomic E-state index is 9.67. The van der Waals surface area contributed by atoms with E-state index in [0.717, 1.165) is 45.1 Å². The Bertz CT molecular complexity index is 390. The third kappa shape index (κ3) is 10.5. The van der Waals surface area contributed by atoms with E-state index in [1.54, 1.807) is 0 Å². The van der Waals surface area contributed by atoms with Crippen molar-refractivity contribution in [2.24, 2.45) is 0 Å². The summed E-state index contributed by atoms with van der Waals surface area (Å²) in [6.45, 7) is 7.72. The summed E-state index contributed by atoms with van der Waals surface area (Å²) in [5.41, 5.74) is 2.71. The van der Waals surface area contributed by atoms with Gasteiger partial charge in [0.2, 0.25) is 0 Å². The van der Waals surface area contributed by atoms with Crippen LogP contribution in [0.3, 0.4) is 0 Å². The van der Waals surface area contributed by atoms with Crippen LogP contribution in [0.15, 0.2) is 35.5 Å². The first-order valence-corrected chi connectivity index (χ1v) is 8.97. The second kappa shape index (κ2) is 12.5. The fourth-order valence-corrected chi connectivity index (χ4v) is 2.58. The molecule has 3 heteroatoms. The molecule has 0 amide bonds. The van der Waals surface area contributed by atoms with Crippen molar-refractivity contribution in [3.8, 4) is 0 Å². The highest BCUT2D eigenvalue weighted by molar-refractivity contribution is 5.04. The van der Waals surface area contributed by atoms with Crippen LogP contribution >= 0.6 is 0 Å². The molecule has 132 valence electrons. The van der Waals surface area contributed by atoms with Crippen molar-refractivity contribution in [1.29, 1.82) is 0 Å². The van der Waals surface area contributed by atoms with Crippen molar-refractivity contribution < 1.29 is 14.6 Å². The van der Waals surface area contributed by atoms with E-state index >= 15 is 0 Å². The number of aliphatic hydroxyl groups excluding tert-OH is 1. The van der Waals surface area contributed by atoms with Gasteiger partial charge in [0.25, 0.3) is 0 Å². The Labute approximate surface area is 142 Å². The van der Waals surface area contributed by atoms with Gasteiger partial charge in [0, 0.05) is 6.61 Å². The lowest BCUT2D eigenvalue weighted by molar-refractivity contribution is -0.155. The van der Waals surface area contributed by atoms with Gasteiger partial charge in [-0.15, -0.1) is 0 Å². The Hall–Kier alpha value is -0.900. The molecule has 1 fully saturated rings. The molecule has 0 radical (unpaired) electrons. The molecule has 0 bridgehead atoms. The average Bonchev–Trinajstić information content (AvgIpc) is 2.54. The van der Waals surface area contributed by atoms with Gasteiger partial charge in [-0.1, -0.05) is 35.5 Å². The molecule has 23 heavy (non-hydrogen) atoms. The van der Waals surface area contributed by atoms with Gasteiger partial charge in [0.1, 0.15) is 0 Å². The zero-order valence-electron chi connectivity index (χ0n) is 15.1. The van der Waals surface area contributed by atoms with Crippen molar-refractivity contribution in [2.75, 3.05) is 13.2 Å². The van der Waals surface area contributed by atoms with Crippen LogP contribution in [-0.2, 0) is 9.47 Å². The van der Waals surface area contributed by atoms with E-state index in [9.17, 15) is 5.11 Å². The molecule has 0 aromatic carbocycles. The molecule has 3 nitrogen and oxygen atoms in total. The van der Waals surface area contributed by atoms with Crippen LogP contribution in [0.2, 0.25) is 0 Å². The lowest BCUT2D eigenvalue weighted by Gasteiger charge is -2.22. The lowest BCUT2D eigenvalue weighted by atomic mass is 10.0. The highest BCUT2D eigenvalue weighted by Gasteiger charge is 2.12. The van der Waals surface area contributed by atoms with Gasteiger partial charge >= 0.3 is 0 Å². The van der Waals surface area contributed by atoms with Crippen LogP contribution in [0.4, 0.5) is 0 Å². The zero-order valence-corrected chi connectivity index (χ0v) is 15.1. The summed E-state index contributed by atoms with van der Waals surface area (Å²) in [4.78, 5) is 0. The zero-order chi connectivity index (χ0) is 16.9. The molecule has 0 spiro atoms. The summed E-state index contributed by atoms with van der Waals surface area (Å²) in [6.07, 6.45) is 15.1. The van der Waals surface area contributed by atoms with Crippen LogP contribution in [-0.4, -0.2) is 30.7 Å². The summed E-state index contributed by atoms with van der Waals surface area (Å²) in [5.74, 6) is 0. The van der Waals surface area contributed by atoms with E-state index in [1.165, 1.54) is 17.6 Å². The predicted octanol–water partition coefficient (Wildman–Crippen LogP) is 4.92. The van der Waals surface area contributed by atoms with Crippen LogP contribution in [0.25, 0.3) is 0 Å². The number of hydrogen-bond donors (Lipinski definition) is 1. The van der Waals surface area contributed by atoms with Gasteiger partial charge in [-0.3, -0.25) is 0 Å². The fourth-order valence-electron chi connectivity index (χ4n) is 2.58. The molecular weight excluding hydrogens is 288 g/mol. The first-order chi connectivity index (χ1) is 11.1. The molecule has 0 aliphatic carbocycles. The summed E-state index contributed by atoms with van der Waals surface area (Å²) in [5, 5.41) is 9.67. The van der Waals surface area contributed by atoms with Gasteiger partial charge in [-0.2, -0.15) is 0 Å². The summed E-state index contributed by atoms with van der Waals surface area (Å²) in [6, 6.07) is 0. The SMILES string of the molecule is CC=CC(O)CCC(C)=CCCC(C)=CCOC1CCCCO1. The summed E-state index contributed by atoms with van der Waals surface area (Å²) in [7, 11) is 0. The Kier molecular flexibility index (Phi) is 11.0. The van der Waals surface area contributed by atoms with Crippen LogP contribution in [0, 0.1) is 0 Å². The van der Waals surface area contributed by atoms with Crippen molar-refractivity contribution >= 4 is 0 Å². The molecular formula is C20H34O3. The molecule has 0 aromatic heterocycles. The Balaban J connectivity index is 2.14.